The smallest absolute Gasteiger partial charge is 0.137 e. The molecule has 0 aliphatic heterocycles. The van der Waals surface area contributed by atoms with E-state index >= 15 is 0 Å². The molecule has 0 N–H and O–H groups in total. The molecule has 0 amide bonds. The van der Waals surface area contributed by atoms with E-state index in [4.69, 9.17) is 0 Å². The van der Waals surface area contributed by atoms with Gasteiger partial charge in [-0.15, -0.1) is 0 Å². The maximum atomic E-state index is 11.7. The summed E-state index contributed by atoms with van der Waals surface area (Å²) in [6.45, 7) is 0.818. The number of imidazole rings is 1. The molecule has 1 unspecified atom stereocenters. The zero-order valence-electron chi connectivity index (χ0n) is 8.35. The number of Topliss-reactive ketones (excluding diaryl/α,β-unsaturated/α-hetero) is 1. The van der Waals surface area contributed by atoms with Crippen LogP contribution in [-0.2, 0) is 11.3 Å². The van der Waals surface area contributed by atoms with E-state index in [2.05, 4.69) is 4.98 Å². The number of nitrogens with zero attached hydrogens (tertiary/aromatic N) is 2. The molecule has 2 rings (SSSR count). The topological polar surface area (TPSA) is 34.9 Å². The number of carbonyl (C=O) groups is 1. The standard InChI is InChI=1S/C11H16N2O/c14-11-5-3-1-2-4-10(11)8-13-7-6-12-9-13/h6-7,9-10H,1-5,8H2. The second kappa shape index (κ2) is 4.40. The van der Waals surface area contributed by atoms with Crippen molar-refractivity contribution in [1.29, 1.82) is 0 Å². The first-order valence-corrected chi connectivity index (χ1v) is 5.35. The lowest BCUT2D eigenvalue weighted by Gasteiger charge is -2.12. The van der Waals surface area contributed by atoms with Crippen LogP contribution in [0.1, 0.15) is 32.1 Å². The first-order valence-electron chi connectivity index (χ1n) is 5.35. The van der Waals surface area contributed by atoms with Crippen LogP contribution >= 0.6 is 0 Å². The highest BCUT2D eigenvalue weighted by molar-refractivity contribution is 5.81. The Morgan fingerprint density at radius 1 is 1.43 bits per heavy atom. The highest BCUT2D eigenvalue weighted by Crippen LogP contribution is 2.21. The van der Waals surface area contributed by atoms with Crippen LogP contribution in [0, 0.1) is 5.92 Å². The Kier molecular flexibility index (Phi) is 2.96. The highest BCUT2D eigenvalue weighted by atomic mass is 16.1. The molecule has 1 saturated carbocycles. The van der Waals surface area contributed by atoms with Gasteiger partial charge in [0.05, 0.1) is 6.33 Å². The summed E-state index contributed by atoms with van der Waals surface area (Å²) < 4.78 is 2.01. The monoisotopic (exact) mass is 192 g/mol. The average Bonchev–Trinajstić information content (AvgIpc) is 2.60. The Morgan fingerprint density at radius 2 is 2.36 bits per heavy atom. The van der Waals surface area contributed by atoms with E-state index in [1.807, 2.05) is 10.8 Å². The fraction of sp³-hybridized carbons (Fsp3) is 0.636. The Labute approximate surface area is 84.1 Å². The molecule has 1 atom stereocenters. The lowest BCUT2D eigenvalue weighted by molar-refractivity contribution is -0.123. The van der Waals surface area contributed by atoms with E-state index in [1.54, 1.807) is 12.5 Å². The Balaban J connectivity index is 1.98. The van der Waals surface area contributed by atoms with Crippen molar-refractivity contribution >= 4 is 5.78 Å². The van der Waals surface area contributed by atoms with Gasteiger partial charge in [-0.25, -0.2) is 4.98 Å². The summed E-state index contributed by atoms with van der Waals surface area (Å²) in [7, 11) is 0. The predicted molar refractivity (Wildman–Crippen MR) is 53.8 cm³/mol. The van der Waals surface area contributed by atoms with Crippen LogP contribution in [0.3, 0.4) is 0 Å². The van der Waals surface area contributed by atoms with Crippen LogP contribution in [0.2, 0.25) is 0 Å². The lowest BCUT2D eigenvalue weighted by Crippen LogP contribution is -2.18. The number of hydrogen-bond acceptors (Lipinski definition) is 2. The highest BCUT2D eigenvalue weighted by Gasteiger charge is 2.20. The first-order chi connectivity index (χ1) is 6.86. The molecule has 76 valence electrons. The molecule has 1 aromatic heterocycles. The van der Waals surface area contributed by atoms with Crippen molar-refractivity contribution < 1.29 is 4.79 Å². The van der Waals surface area contributed by atoms with Crippen molar-refractivity contribution in [2.45, 2.75) is 38.6 Å². The van der Waals surface area contributed by atoms with Gasteiger partial charge < -0.3 is 4.57 Å². The molecule has 0 aromatic carbocycles. The van der Waals surface area contributed by atoms with Gasteiger partial charge in [-0.2, -0.15) is 0 Å². The number of carbonyl (C=O) groups excluding carboxylic acids is 1. The van der Waals surface area contributed by atoms with Crippen LogP contribution in [-0.4, -0.2) is 15.3 Å². The molecule has 0 spiro atoms. The zero-order valence-corrected chi connectivity index (χ0v) is 8.35. The van der Waals surface area contributed by atoms with Crippen molar-refractivity contribution in [3.8, 4) is 0 Å². The lowest BCUT2D eigenvalue weighted by atomic mass is 9.99. The molecule has 1 aliphatic rings. The maximum absolute atomic E-state index is 11.7. The summed E-state index contributed by atoms with van der Waals surface area (Å²) in [5, 5.41) is 0. The van der Waals surface area contributed by atoms with Crippen molar-refractivity contribution in [1.82, 2.24) is 9.55 Å². The van der Waals surface area contributed by atoms with Gasteiger partial charge in [-0.05, 0) is 12.8 Å². The van der Waals surface area contributed by atoms with E-state index in [0.29, 0.717) is 5.78 Å². The van der Waals surface area contributed by atoms with E-state index in [1.165, 1.54) is 12.8 Å². The van der Waals surface area contributed by atoms with Crippen molar-refractivity contribution in [3.63, 3.8) is 0 Å². The largest absolute Gasteiger partial charge is 0.337 e. The van der Waals surface area contributed by atoms with Crippen molar-refractivity contribution in [3.05, 3.63) is 18.7 Å². The fourth-order valence-electron chi connectivity index (χ4n) is 2.07. The molecule has 0 saturated heterocycles. The molecule has 1 heterocycles. The van der Waals surface area contributed by atoms with Gasteiger partial charge >= 0.3 is 0 Å². The molecular formula is C11H16N2O. The summed E-state index contributed by atoms with van der Waals surface area (Å²) >= 11 is 0. The SMILES string of the molecule is O=C1CCCCCC1Cn1ccnc1. The Hall–Kier alpha value is -1.12. The van der Waals surface area contributed by atoms with Gasteiger partial charge in [-0.1, -0.05) is 12.8 Å². The third-order valence-electron chi connectivity index (χ3n) is 2.92. The first kappa shape index (κ1) is 9.44. The third-order valence-corrected chi connectivity index (χ3v) is 2.92. The van der Waals surface area contributed by atoms with Gasteiger partial charge in [0.1, 0.15) is 5.78 Å². The van der Waals surface area contributed by atoms with Crippen LogP contribution in [0.25, 0.3) is 0 Å². The summed E-state index contributed by atoms with van der Waals surface area (Å²) in [6, 6.07) is 0. The summed E-state index contributed by atoms with van der Waals surface area (Å²) in [6.07, 6.45) is 10.8. The van der Waals surface area contributed by atoms with Crippen LogP contribution in [0.15, 0.2) is 18.7 Å². The molecular weight excluding hydrogens is 176 g/mol. The predicted octanol–water partition coefficient (Wildman–Crippen LogP) is 2.03. The average molecular weight is 192 g/mol. The van der Waals surface area contributed by atoms with Crippen LogP contribution in [0.5, 0.6) is 0 Å². The van der Waals surface area contributed by atoms with E-state index in [-0.39, 0.29) is 5.92 Å². The van der Waals surface area contributed by atoms with Crippen LogP contribution in [0.4, 0.5) is 0 Å². The molecule has 0 radical (unpaired) electrons. The van der Waals surface area contributed by atoms with E-state index in [9.17, 15) is 4.79 Å². The minimum atomic E-state index is 0.228. The quantitative estimate of drug-likeness (QED) is 0.672. The zero-order chi connectivity index (χ0) is 9.80. The molecule has 3 heteroatoms. The molecule has 1 aliphatic carbocycles. The minimum Gasteiger partial charge on any atom is -0.337 e. The van der Waals surface area contributed by atoms with Gasteiger partial charge in [-0.3, -0.25) is 4.79 Å². The molecule has 0 bridgehead atoms. The van der Waals surface area contributed by atoms with E-state index < -0.39 is 0 Å². The van der Waals surface area contributed by atoms with Gasteiger partial charge in [0.2, 0.25) is 0 Å². The van der Waals surface area contributed by atoms with Gasteiger partial charge in [0.15, 0.2) is 0 Å². The second-order valence-corrected chi connectivity index (χ2v) is 4.02. The van der Waals surface area contributed by atoms with Crippen LogP contribution < -0.4 is 0 Å². The minimum absolute atomic E-state index is 0.228. The number of ketones is 1. The fourth-order valence-corrected chi connectivity index (χ4v) is 2.07. The van der Waals surface area contributed by atoms with E-state index in [0.717, 1.165) is 25.8 Å². The maximum Gasteiger partial charge on any atom is 0.137 e. The van der Waals surface area contributed by atoms with Crippen molar-refractivity contribution in [2.24, 2.45) is 5.92 Å². The molecule has 14 heavy (non-hydrogen) atoms. The molecule has 3 nitrogen and oxygen atoms in total. The summed E-state index contributed by atoms with van der Waals surface area (Å²) in [4.78, 5) is 15.7. The van der Waals surface area contributed by atoms with Crippen molar-refractivity contribution in [2.75, 3.05) is 0 Å². The Morgan fingerprint density at radius 3 is 3.14 bits per heavy atom. The second-order valence-electron chi connectivity index (χ2n) is 4.02. The normalized spacial score (nSPS) is 23.4. The number of rotatable bonds is 2. The van der Waals surface area contributed by atoms with Gasteiger partial charge in [0.25, 0.3) is 0 Å². The number of hydrogen-bond donors (Lipinski definition) is 0. The Bertz CT molecular complexity index is 292. The number of aromatic nitrogens is 2. The van der Waals surface area contributed by atoms with Gasteiger partial charge in [0, 0.05) is 31.3 Å². The molecule has 1 aromatic rings. The summed E-state index contributed by atoms with van der Waals surface area (Å²) in [5.41, 5.74) is 0. The third kappa shape index (κ3) is 2.22. The summed E-state index contributed by atoms with van der Waals surface area (Å²) in [5.74, 6) is 0.669. The molecule has 1 fully saturated rings.